The molecule has 0 aliphatic heterocycles. The molecule has 1 rings (SSSR count). The van der Waals surface area contributed by atoms with Crippen molar-refractivity contribution in [3.8, 4) is 0 Å². The number of hydrogen-bond acceptors (Lipinski definition) is 3. The van der Waals surface area contributed by atoms with Crippen LogP contribution in [0.25, 0.3) is 0 Å². The number of hydrogen-bond donors (Lipinski definition) is 2. The summed E-state index contributed by atoms with van der Waals surface area (Å²) in [5.41, 5.74) is 0.230. The van der Waals surface area contributed by atoms with Crippen molar-refractivity contribution in [3.63, 3.8) is 0 Å². The first kappa shape index (κ1) is 13.9. The fraction of sp³-hybridized carbons (Fsp3) is 0.364. The molecule has 0 bridgehead atoms. The van der Waals surface area contributed by atoms with Crippen LogP contribution in [0.5, 0.6) is 0 Å². The van der Waals surface area contributed by atoms with Crippen LogP contribution < -0.4 is 5.32 Å². The predicted molar refractivity (Wildman–Crippen MR) is 62.7 cm³/mol. The van der Waals surface area contributed by atoms with Gasteiger partial charge in [0.1, 0.15) is 5.82 Å². The highest BCUT2D eigenvalue weighted by molar-refractivity contribution is 5.89. The van der Waals surface area contributed by atoms with Gasteiger partial charge >= 0.3 is 12.0 Å². The lowest BCUT2D eigenvalue weighted by Crippen LogP contribution is -2.36. The Hall–Kier alpha value is -2.18. The van der Waals surface area contributed by atoms with E-state index in [1.807, 2.05) is 0 Å². The molecule has 0 saturated carbocycles. The molecular weight excluding hydrogens is 241 g/mol. The number of anilines is 1. The van der Waals surface area contributed by atoms with Gasteiger partial charge in [-0.15, -0.1) is 0 Å². The lowest BCUT2D eigenvalue weighted by Gasteiger charge is -2.20. The second kappa shape index (κ2) is 6.53. The Morgan fingerprint density at radius 2 is 2.22 bits per heavy atom. The van der Waals surface area contributed by atoms with Crippen molar-refractivity contribution < 1.29 is 19.1 Å². The number of amides is 2. The molecule has 1 aromatic heterocycles. The average Bonchev–Trinajstić information content (AvgIpc) is 2.29. The van der Waals surface area contributed by atoms with E-state index < -0.39 is 17.8 Å². The van der Waals surface area contributed by atoms with Gasteiger partial charge < -0.3 is 15.3 Å². The fourth-order valence-electron chi connectivity index (χ4n) is 1.32. The van der Waals surface area contributed by atoms with Gasteiger partial charge in [-0.2, -0.15) is 0 Å². The molecule has 0 unspecified atom stereocenters. The molecule has 0 aliphatic rings. The van der Waals surface area contributed by atoms with Gasteiger partial charge in [0.25, 0.3) is 0 Å². The topological polar surface area (TPSA) is 82.5 Å². The fourth-order valence-corrected chi connectivity index (χ4v) is 1.32. The number of aliphatic carboxylic acids is 1. The summed E-state index contributed by atoms with van der Waals surface area (Å²) in [7, 11) is 0. The molecule has 2 N–H and O–H groups in total. The van der Waals surface area contributed by atoms with Crippen LogP contribution >= 0.6 is 0 Å². The predicted octanol–water partition coefficient (Wildman–Crippen LogP) is 1.55. The molecule has 0 aromatic carbocycles. The summed E-state index contributed by atoms with van der Waals surface area (Å²) in [5.74, 6) is -1.53. The Labute approximate surface area is 103 Å². The highest BCUT2D eigenvalue weighted by Gasteiger charge is 2.13. The summed E-state index contributed by atoms with van der Waals surface area (Å²) in [5, 5.41) is 11.0. The zero-order valence-electron chi connectivity index (χ0n) is 9.89. The van der Waals surface area contributed by atoms with E-state index >= 15 is 0 Å². The number of carbonyl (C=O) groups excluding carboxylic acids is 1. The second-order valence-electron chi connectivity index (χ2n) is 3.55. The first-order valence-corrected chi connectivity index (χ1v) is 5.41. The van der Waals surface area contributed by atoms with Crippen molar-refractivity contribution in [2.24, 2.45) is 0 Å². The van der Waals surface area contributed by atoms with E-state index in [-0.39, 0.29) is 18.7 Å². The van der Waals surface area contributed by atoms with Gasteiger partial charge in [-0.1, -0.05) is 0 Å². The number of halogens is 1. The maximum Gasteiger partial charge on any atom is 0.321 e. The molecule has 0 fully saturated rings. The Balaban J connectivity index is 2.59. The van der Waals surface area contributed by atoms with Gasteiger partial charge in [-0.3, -0.25) is 9.78 Å². The Kier molecular flexibility index (Phi) is 5.04. The third-order valence-corrected chi connectivity index (χ3v) is 2.22. The van der Waals surface area contributed by atoms with Crippen LogP contribution in [-0.4, -0.2) is 40.1 Å². The highest BCUT2D eigenvalue weighted by Crippen LogP contribution is 2.08. The van der Waals surface area contributed by atoms with Crippen LogP contribution in [0.2, 0.25) is 0 Å². The third kappa shape index (κ3) is 4.36. The normalized spacial score (nSPS) is 9.89. The minimum Gasteiger partial charge on any atom is -0.481 e. The average molecular weight is 255 g/mol. The largest absolute Gasteiger partial charge is 0.481 e. The maximum atomic E-state index is 12.8. The minimum absolute atomic E-state index is 0.0976. The van der Waals surface area contributed by atoms with Crippen LogP contribution in [0.4, 0.5) is 14.9 Å². The molecule has 1 heterocycles. The van der Waals surface area contributed by atoms with Gasteiger partial charge in [0.05, 0.1) is 24.5 Å². The summed E-state index contributed by atoms with van der Waals surface area (Å²) in [6, 6.07) is 0.654. The van der Waals surface area contributed by atoms with Gasteiger partial charge in [0.15, 0.2) is 0 Å². The zero-order chi connectivity index (χ0) is 13.5. The number of pyridine rings is 1. The third-order valence-electron chi connectivity index (χ3n) is 2.22. The van der Waals surface area contributed by atoms with Crippen molar-refractivity contribution in [2.45, 2.75) is 13.3 Å². The monoisotopic (exact) mass is 255 g/mol. The van der Waals surface area contributed by atoms with Crippen LogP contribution in [0.15, 0.2) is 18.5 Å². The van der Waals surface area contributed by atoms with Crippen molar-refractivity contribution in [3.05, 3.63) is 24.3 Å². The number of nitrogens with one attached hydrogen (secondary N) is 1. The van der Waals surface area contributed by atoms with E-state index in [1.54, 1.807) is 6.92 Å². The first-order valence-electron chi connectivity index (χ1n) is 5.41. The standard InChI is InChI=1S/C11H14FN3O3/c1-2-15(4-3-10(16)17)11(18)14-9-5-8(12)6-13-7-9/h5-7H,2-4H2,1H3,(H,14,18)(H,16,17). The van der Waals surface area contributed by atoms with E-state index in [9.17, 15) is 14.0 Å². The van der Waals surface area contributed by atoms with Gasteiger partial charge in [0, 0.05) is 19.2 Å². The van der Waals surface area contributed by atoms with Crippen molar-refractivity contribution >= 4 is 17.7 Å². The smallest absolute Gasteiger partial charge is 0.321 e. The lowest BCUT2D eigenvalue weighted by molar-refractivity contribution is -0.137. The number of carboxylic acids is 1. The molecule has 18 heavy (non-hydrogen) atoms. The first-order chi connectivity index (χ1) is 8.52. The summed E-state index contributed by atoms with van der Waals surface area (Å²) < 4.78 is 12.8. The van der Waals surface area contributed by atoms with Crippen molar-refractivity contribution in [2.75, 3.05) is 18.4 Å². The molecule has 0 atom stereocenters. The van der Waals surface area contributed by atoms with E-state index in [0.717, 1.165) is 12.3 Å². The molecule has 2 amide bonds. The van der Waals surface area contributed by atoms with E-state index in [1.165, 1.54) is 11.1 Å². The molecule has 7 heteroatoms. The quantitative estimate of drug-likeness (QED) is 0.836. The number of nitrogens with zero attached hydrogens (tertiary/aromatic N) is 2. The van der Waals surface area contributed by atoms with Crippen LogP contribution in [0.3, 0.4) is 0 Å². The second-order valence-corrected chi connectivity index (χ2v) is 3.55. The van der Waals surface area contributed by atoms with E-state index in [4.69, 9.17) is 5.11 Å². The number of urea groups is 1. The highest BCUT2D eigenvalue weighted by atomic mass is 19.1. The SMILES string of the molecule is CCN(CCC(=O)O)C(=O)Nc1cncc(F)c1. The van der Waals surface area contributed by atoms with E-state index in [0.29, 0.717) is 6.54 Å². The summed E-state index contributed by atoms with van der Waals surface area (Å²) in [4.78, 5) is 27.1. The molecule has 6 nitrogen and oxygen atoms in total. The van der Waals surface area contributed by atoms with Gasteiger partial charge in [-0.05, 0) is 6.92 Å². The molecule has 0 saturated heterocycles. The van der Waals surface area contributed by atoms with Crippen LogP contribution in [0, 0.1) is 5.82 Å². The zero-order valence-corrected chi connectivity index (χ0v) is 9.89. The number of rotatable bonds is 5. The lowest BCUT2D eigenvalue weighted by atomic mass is 10.4. The number of carbonyl (C=O) groups is 2. The Morgan fingerprint density at radius 1 is 1.50 bits per heavy atom. The van der Waals surface area contributed by atoms with Gasteiger partial charge in [0.2, 0.25) is 0 Å². The summed E-state index contributed by atoms with van der Waals surface area (Å²) in [6.45, 7) is 2.19. The molecule has 1 aromatic rings. The van der Waals surface area contributed by atoms with Gasteiger partial charge in [-0.25, -0.2) is 9.18 Å². The number of carboxylic acid groups (broad SMARTS) is 1. The maximum absolute atomic E-state index is 12.8. The molecule has 0 spiro atoms. The van der Waals surface area contributed by atoms with E-state index in [2.05, 4.69) is 10.3 Å². The molecule has 0 radical (unpaired) electrons. The summed E-state index contributed by atoms with van der Waals surface area (Å²) >= 11 is 0. The molecule has 98 valence electrons. The Morgan fingerprint density at radius 3 is 2.78 bits per heavy atom. The van der Waals surface area contributed by atoms with Crippen LogP contribution in [-0.2, 0) is 4.79 Å². The number of aromatic nitrogens is 1. The molecular formula is C11H14FN3O3. The van der Waals surface area contributed by atoms with Crippen LogP contribution in [0.1, 0.15) is 13.3 Å². The van der Waals surface area contributed by atoms with Crippen molar-refractivity contribution in [1.82, 2.24) is 9.88 Å². The Bertz CT molecular complexity index is 439. The minimum atomic E-state index is -0.978. The van der Waals surface area contributed by atoms with Crippen molar-refractivity contribution in [1.29, 1.82) is 0 Å². The molecule has 0 aliphatic carbocycles. The summed E-state index contributed by atoms with van der Waals surface area (Å²) in [6.07, 6.45) is 2.20.